The summed E-state index contributed by atoms with van der Waals surface area (Å²) in [6, 6.07) is 7.40. The topological polar surface area (TPSA) is 37.3 Å². The highest BCUT2D eigenvalue weighted by Gasteiger charge is 2.08. The molecule has 76 valence electrons. The Morgan fingerprint density at radius 2 is 1.60 bits per heavy atom. The first-order valence-corrected chi connectivity index (χ1v) is 4.82. The molecule has 0 spiro atoms. The van der Waals surface area contributed by atoms with Gasteiger partial charge in [0.15, 0.2) is 6.29 Å². The summed E-state index contributed by atoms with van der Waals surface area (Å²) in [4.78, 5) is 11.0. The molecule has 0 aliphatic carbocycles. The third-order valence-electron chi connectivity index (χ3n) is 2.75. The highest BCUT2D eigenvalue weighted by Crippen LogP contribution is 2.30. The molecule has 0 saturated carbocycles. The molecule has 2 aromatic rings. The van der Waals surface area contributed by atoms with Crippen molar-refractivity contribution in [3.63, 3.8) is 0 Å². The number of fused-ring (bicyclic) bond motifs is 1. The second kappa shape index (κ2) is 3.39. The van der Waals surface area contributed by atoms with Gasteiger partial charge < -0.3 is 5.11 Å². The monoisotopic (exact) mass is 200 g/mol. The van der Waals surface area contributed by atoms with Crippen LogP contribution in [0.25, 0.3) is 10.8 Å². The van der Waals surface area contributed by atoms with Crippen molar-refractivity contribution in [3.05, 3.63) is 41.0 Å². The van der Waals surface area contributed by atoms with Crippen molar-refractivity contribution in [2.24, 2.45) is 0 Å². The number of benzene rings is 2. The molecule has 0 unspecified atom stereocenters. The number of aldehydes is 1. The zero-order valence-corrected chi connectivity index (χ0v) is 8.74. The summed E-state index contributed by atoms with van der Waals surface area (Å²) in [6.07, 6.45) is 0.840. The summed E-state index contributed by atoms with van der Waals surface area (Å²) in [5.41, 5.74) is 2.41. The van der Waals surface area contributed by atoms with E-state index >= 15 is 0 Å². The molecule has 0 fully saturated rings. The summed E-state index contributed by atoms with van der Waals surface area (Å²) in [5.74, 6) is 0.260. The number of phenolic OH excluding ortho intramolecular Hbond substituents is 1. The van der Waals surface area contributed by atoms with E-state index in [0.717, 1.165) is 28.2 Å². The number of aryl methyl sites for hydroxylation is 2. The van der Waals surface area contributed by atoms with E-state index < -0.39 is 0 Å². The van der Waals surface area contributed by atoms with Gasteiger partial charge >= 0.3 is 0 Å². The molecule has 0 atom stereocenters. The average Bonchev–Trinajstić information content (AvgIpc) is 2.23. The van der Waals surface area contributed by atoms with E-state index in [4.69, 9.17) is 0 Å². The molecular formula is C13H12O2. The Morgan fingerprint density at radius 1 is 1.00 bits per heavy atom. The molecule has 0 saturated heterocycles. The molecule has 2 rings (SSSR count). The minimum Gasteiger partial charge on any atom is -0.507 e. The number of rotatable bonds is 1. The summed E-state index contributed by atoms with van der Waals surface area (Å²) in [7, 11) is 0. The smallest absolute Gasteiger partial charge is 0.150 e. The van der Waals surface area contributed by atoms with Gasteiger partial charge in [0.25, 0.3) is 0 Å². The van der Waals surface area contributed by atoms with E-state index in [1.54, 1.807) is 0 Å². The van der Waals surface area contributed by atoms with Crippen molar-refractivity contribution in [1.29, 1.82) is 0 Å². The molecule has 2 aromatic carbocycles. The van der Waals surface area contributed by atoms with Gasteiger partial charge in [0.2, 0.25) is 0 Å². The molecule has 2 nitrogen and oxygen atoms in total. The van der Waals surface area contributed by atoms with Gasteiger partial charge in [-0.2, -0.15) is 0 Å². The van der Waals surface area contributed by atoms with Crippen molar-refractivity contribution in [1.82, 2.24) is 0 Å². The van der Waals surface area contributed by atoms with Crippen molar-refractivity contribution < 1.29 is 9.90 Å². The fourth-order valence-corrected chi connectivity index (χ4v) is 1.79. The lowest BCUT2D eigenvalue weighted by Gasteiger charge is -2.08. The third kappa shape index (κ3) is 1.38. The normalized spacial score (nSPS) is 10.5. The van der Waals surface area contributed by atoms with Crippen LogP contribution in [-0.2, 0) is 0 Å². The molecule has 15 heavy (non-hydrogen) atoms. The van der Waals surface area contributed by atoms with Gasteiger partial charge in [-0.1, -0.05) is 24.3 Å². The molecule has 0 bridgehead atoms. The van der Waals surface area contributed by atoms with Crippen LogP contribution in [0.3, 0.4) is 0 Å². The Kier molecular flexibility index (Phi) is 2.19. The number of hydrogen-bond acceptors (Lipinski definition) is 2. The minimum atomic E-state index is 0.260. The summed E-state index contributed by atoms with van der Waals surface area (Å²) >= 11 is 0. The first kappa shape index (κ1) is 9.71. The second-order valence-electron chi connectivity index (χ2n) is 3.74. The second-order valence-corrected chi connectivity index (χ2v) is 3.74. The van der Waals surface area contributed by atoms with E-state index in [2.05, 4.69) is 0 Å². The zero-order valence-electron chi connectivity index (χ0n) is 8.74. The van der Waals surface area contributed by atoms with Gasteiger partial charge in [-0.05, 0) is 30.4 Å². The first-order valence-electron chi connectivity index (χ1n) is 4.82. The highest BCUT2D eigenvalue weighted by atomic mass is 16.3. The lowest BCUT2D eigenvalue weighted by Crippen LogP contribution is -1.89. The number of aromatic hydroxyl groups is 1. The van der Waals surface area contributed by atoms with Crippen LogP contribution in [0.2, 0.25) is 0 Å². The Hall–Kier alpha value is -1.83. The molecule has 0 heterocycles. The van der Waals surface area contributed by atoms with Gasteiger partial charge in [0.1, 0.15) is 5.75 Å². The number of phenols is 1. The summed E-state index contributed by atoms with van der Waals surface area (Å²) in [5, 5.41) is 11.4. The minimum absolute atomic E-state index is 0.260. The predicted octanol–water partition coefficient (Wildman–Crippen LogP) is 2.97. The van der Waals surface area contributed by atoms with Crippen LogP contribution in [0.15, 0.2) is 24.3 Å². The van der Waals surface area contributed by atoms with E-state index in [-0.39, 0.29) is 5.75 Å². The van der Waals surface area contributed by atoms with Crippen molar-refractivity contribution in [3.8, 4) is 5.75 Å². The molecule has 0 amide bonds. The van der Waals surface area contributed by atoms with E-state index in [1.807, 2.05) is 38.1 Å². The Morgan fingerprint density at radius 3 is 2.27 bits per heavy atom. The third-order valence-corrected chi connectivity index (χ3v) is 2.75. The molecule has 2 heteroatoms. The van der Waals surface area contributed by atoms with Crippen molar-refractivity contribution in [2.45, 2.75) is 13.8 Å². The molecule has 0 aliphatic heterocycles. The first-order chi connectivity index (χ1) is 7.15. The maximum Gasteiger partial charge on any atom is 0.150 e. The zero-order chi connectivity index (χ0) is 11.0. The fraction of sp³-hybridized carbons (Fsp3) is 0.154. The number of carbonyl (C=O) groups is 1. The van der Waals surface area contributed by atoms with Crippen LogP contribution >= 0.6 is 0 Å². The van der Waals surface area contributed by atoms with Crippen LogP contribution in [0.5, 0.6) is 5.75 Å². The quantitative estimate of drug-likeness (QED) is 0.718. The summed E-state index contributed by atoms with van der Waals surface area (Å²) in [6.45, 7) is 3.73. The lowest BCUT2D eigenvalue weighted by atomic mass is 9.98. The van der Waals surface area contributed by atoms with Crippen molar-refractivity contribution >= 4 is 17.1 Å². The SMILES string of the molecule is Cc1ccc2c(C=O)c(C)ccc2c1O. The highest BCUT2D eigenvalue weighted by molar-refractivity contribution is 6.02. The number of carbonyl (C=O) groups excluding carboxylic acids is 1. The molecule has 0 aromatic heterocycles. The van der Waals surface area contributed by atoms with E-state index in [0.29, 0.717) is 5.56 Å². The predicted molar refractivity (Wildman–Crippen MR) is 60.5 cm³/mol. The molecular weight excluding hydrogens is 188 g/mol. The van der Waals surface area contributed by atoms with Crippen LogP contribution in [-0.4, -0.2) is 11.4 Å². The lowest BCUT2D eigenvalue weighted by molar-refractivity contribution is 0.112. The van der Waals surface area contributed by atoms with E-state index in [1.165, 1.54) is 0 Å². The molecule has 1 N–H and O–H groups in total. The van der Waals surface area contributed by atoms with Crippen LogP contribution < -0.4 is 0 Å². The van der Waals surface area contributed by atoms with Gasteiger partial charge in [0.05, 0.1) is 0 Å². The van der Waals surface area contributed by atoms with Crippen LogP contribution in [0.4, 0.5) is 0 Å². The Bertz CT molecular complexity index is 542. The molecule has 0 radical (unpaired) electrons. The number of hydrogen-bond donors (Lipinski definition) is 1. The Balaban J connectivity index is 2.96. The fourth-order valence-electron chi connectivity index (χ4n) is 1.79. The van der Waals surface area contributed by atoms with Gasteiger partial charge in [0, 0.05) is 10.9 Å². The van der Waals surface area contributed by atoms with Gasteiger partial charge in [-0.15, -0.1) is 0 Å². The summed E-state index contributed by atoms with van der Waals surface area (Å²) < 4.78 is 0. The van der Waals surface area contributed by atoms with Gasteiger partial charge in [-0.25, -0.2) is 0 Å². The maximum absolute atomic E-state index is 11.0. The largest absolute Gasteiger partial charge is 0.507 e. The molecule has 0 aliphatic rings. The maximum atomic E-state index is 11.0. The van der Waals surface area contributed by atoms with Gasteiger partial charge in [-0.3, -0.25) is 4.79 Å². The average molecular weight is 200 g/mol. The standard InChI is InChI=1S/C13H12O2/c1-8-3-6-11-10(12(8)7-14)5-4-9(2)13(11)15/h3-7,15H,1-2H3. The van der Waals surface area contributed by atoms with E-state index in [9.17, 15) is 9.90 Å². The Labute approximate surface area is 88.2 Å². The van der Waals surface area contributed by atoms with Crippen LogP contribution in [0.1, 0.15) is 21.5 Å². The van der Waals surface area contributed by atoms with Crippen molar-refractivity contribution in [2.75, 3.05) is 0 Å². The van der Waals surface area contributed by atoms with Crippen LogP contribution in [0, 0.1) is 13.8 Å².